The Bertz CT molecular complexity index is 1400. The van der Waals surface area contributed by atoms with Crippen molar-refractivity contribution in [2.45, 2.75) is 56.7 Å². The molecule has 3 aliphatic carbocycles. The van der Waals surface area contributed by atoms with E-state index in [4.69, 9.17) is 11.5 Å². The van der Waals surface area contributed by atoms with Crippen LogP contribution in [0.2, 0.25) is 0 Å². The fourth-order valence-electron chi connectivity index (χ4n) is 6.33. The molecule has 5 unspecified atom stereocenters. The van der Waals surface area contributed by atoms with Crippen molar-refractivity contribution in [3.05, 3.63) is 51.0 Å². The number of fused-ring (bicyclic) bond motifs is 3. The van der Waals surface area contributed by atoms with E-state index < -0.39 is 81.2 Å². The fourth-order valence-corrected chi connectivity index (χ4v) is 6.33. The fraction of sp³-hybridized carbons (Fsp3) is 0.481. The number of aliphatic hydroxyl groups excluding tert-OH is 2. The molecule has 1 aromatic rings. The van der Waals surface area contributed by atoms with Crippen molar-refractivity contribution in [2.75, 3.05) is 14.1 Å². The Morgan fingerprint density at radius 1 is 1.15 bits per heavy atom. The standard InChI is InChI=1S/C27H33N3O9/c1-26(2,3)13-8-11(17(28)25(37)38)10-6-9-7-12-18(30(4)5)21(33)16(24(29)36)23(35)27(12,39)22(34)14(9)20(32)15(10)19(13)31/h8-9,12,17-18,31,33-34,39H,6-7,28H2,1-5H3,(H2,29,36)(H,37,38). The van der Waals surface area contributed by atoms with Crippen molar-refractivity contribution in [1.82, 2.24) is 4.90 Å². The van der Waals surface area contributed by atoms with E-state index in [1.807, 2.05) is 0 Å². The first-order chi connectivity index (χ1) is 17.9. The molecular formula is C27H33N3O9. The number of benzene rings is 1. The van der Waals surface area contributed by atoms with Gasteiger partial charge in [-0.25, -0.2) is 0 Å². The Hall–Kier alpha value is -3.74. The van der Waals surface area contributed by atoms with Gasteiger partial charge in [0, 0.05) is 17.1 Å². The average Bonchev–Trinajstić information content (AvgIpc) is 2.79. The Labute approximate surface area is 224 Å². The van der Waals surface area contributed by atoms with Crippen LogP contribution in [0, 0.1) is 11.8 Å². The van der Waals surface area contributed by atoms with Gasteiger partial charge in [0.2, 0.25) is 5.78 Å². The van der Waals surface area contributed by atoms with Crippen molar-refractivity contribution in [3.63, 3.8) is 0 Å². The number of carboxylic acid groups (broad SMARTS) is 1. The van der Waals surface area contributed by atoms with Crippen LogP contribution in [0.15, 0.2) is 28.7 Å². The van der Waals surface area contributed by atoms with Crippen LogP contribution in [0.3, 0.4) is 0 Å². The number of nitrogens with zero attached hydrogens (tertiary/aromatic N) is 1. The number of aliphatic hydroxyl groups is 3. The lowest BCUT2D eigenvalue weighted by molar-refractivity contribution is -0.148. The van der Waals surface area contributed by atoms with Gasteiger partial charge in [-0.2, -0.15) is 0 Å². The molecule has 0 aliphatic heterocycles. The maximum Gasteiger partial charge on any atom is 0.325 e. The number of aliphatic carboxylic acids is 1. The second-order valence-corrected chi connectivity index (χ2v) is 11.7. The van der Waals surface area contributed by atoms with Gasteiger partial charge in [0.15, 0.2) is 11.4 Å². The number of amides is 1. The third-order valence-corrected chi connectivity index (χ3v) is 8.17. The second kappa shape index (κ2) is 8.90. The summed E-state index contributed by atoms with van der Waals surface area (Å²) in [5.74, 6) is -9.01. The lowest BCUT2D eigenvalue weighted by Gasteiger charge is -2.50. The first-order valence-corrected chi connectivity index (χ1v) is 12.4. The highest BCUT2D eigenvalue weighted by atomic mass is 16.4. The maximum atomic E-state index is 14.0. The summed E-state index contributed by atoms with van der Waals surface area (Å²) in [5.41, 5.74) is 6.91. The highest BCUT2D eigenvalue weighted by molar-refractivity contribution is 6.24. The maximum absolute atomic E-state index is 14.0. The van der Waals surface area contributed by atoms with Gasteiger partial charge in [0.05, 0.1) is 11.6 Å². The third kappa shape index (κ3) is 3.85. The normalized spacial score (nSPS) is 27.7. The smallest absolute Gasteiger partial charge is 0.325 e. The lowest BCUT2D eigenvalue weighted by Crippen LogP contribution is -2.63. The average molecular weight is 544 g/mol. The number of aromatic hydroxyl groups is 1. The summed E-state index contributed by atoms with van der Waals surface area (Å²) in [5, 5.41) is 54.9. The molecule has 1 aromatic carbocycles. The first-order valence-electron chi connectivity index (χ1n) is 12.4. The van der Waals surface area contributed by atoms with Gasteiger partial charge in [0.1, 0.15) is 28.9 Å². The number of carbonyl (C=O) groups is 4. The monoisotopic (exact) mass is 543 g/mol. The van der Waals surface area contributed by atoms with Crippen molar-refractivity contribution in [3.8, 4) is 5.75 Å². The Morgan fingerprint density at radius 3 is 2.23 bits per heavy atom. The Kier molecular flexibility index (Phi) is 6.45. The summed E-state index contributed by atoms with van der Waals surface area (Å²) in [6.45, 7) is 5.24. The number of hydrogen-bond donors (Lipinski definition) is 7. The number of phenols is 1. The van der Waals surface area contributed by atoms with Crippen molar-refractivity contribution < 1.29 is 44.7 Å². The summed E-state index contributed by atoms with van der Waals surface area (Å²) in [4.78, 5) is 52.8. The number of phenolic OH excluding ortho intramolecular Hbond substituents is 1. The largest absolute Gasteiger partial charge is 0.510 e. The van der Waals surface area contributed by atoms with E-state index in [1.54, 1.807) is 20.8 Å². The molecule has 0 saturated carbocycles. The van der Waals surface area contributed by atoms with Gasteiger partial charge in [-0.15, -0.1) is 0 Å². The zero-order valence-corrected chi connectivity index (χ0v) is 22.3. The van der Waals surface area contributed by atoms with Gasteiger partial charge in [0.25, 0.3) is 5.91 Å². The SMILES string of the molecule is CN(C)C1C(O)=C(C(N)=O)C(=O)C2(O)C(O)=C3C(=O)c4c(O)c(C(C)(C)C)cc(C(N)C(=O)O)c4CC3CC12. The minimum absolute atomic E-state index is 0.0527. The predicted molar refractivity (Wildman–Crippen MR) is 137 cm³/mol. The highest BCUT2D eigenvalue weighted by Crippen LogP contribution is 2.53. The van der Waals surface area contributed by atoms with E-state index in [1.165, 1.54) is 25.1 Å². The highest BCUT2D eigenvalue weighted by Gasteiger charge is 2.63. The summed E-state index contributed by atoms with van der Waals surface area (Å²) in [7, 11) is 3.06. The minimum Gasteiger partial charge on any atom is -0.510 e. The summed E-state index contributed by atoms with van der Waals surface area (Å²) < 4.78 is 0. The number of nitrogens with two attached hydrogens (primary N) is 2. The zero-order valence-electron chi connectivity index (χ0n) is 22.3. The summed E-state index contributed by atoms with van der Waals surface area (Å²) in [6.07, 6.45) is -0.169. The number of primary amides is 1. The number of carboxylic acids is 1. The van der Waals surface area contributed by atoms with Crippen LogP contribution in [0.5, 0.6) is 5.75 Å². The second-order valence-electron chi connectivity index (χ2n) is 11.7. The van der Waals surface area contributed by atoms with E-state index in [2.05, 4.69) is 0 Å². The zero-order chi connectivity index (χ0) is 29.5. The lowest BCUT2D eigenvalue weighted by atomic mass is 9.58. The molecule has 0 fully saturated rings. The van der Waals surface area contributed by atoms with Crippen LogP contribution in [0.4, 0.5) is 0 Å². The van der Waals surface area contributed by atoms with Crippen molar-refractivity contribution >= 4 is 23.4 Å². The number of allylic oxidation sites excluding steroid dienone is 1. The van der Waals surface area contributed by atoms with E-state index in [0.717, 1.165) is 0 Å². The number of carbonyl (C=O) groups excluding carboxylic acids is 3. The van der Waals surface area contributed by atoms with Gasteiger partial charge in [-0.1, -0.05) is 20.8 Å². The number of likely N-dealkylation sites (N-methyl/N-ethyl adjacent to an activating group) is 1. The number of hydrogen-bond acceptors (Lipinski definition) is 10. The predicted octanol–water partition coefficient (Wildman–Crippen LogP) is 0.503. The van der Waals surface area contributed by atoms with Gasteiger partial charge in [-0.3, -0.25) is 24.1 Å². The quantitative estimate of drug-likeness (QED) is 0.259. The third-order valence-electron chi connectivity index (χ3n) is 8.17. The Morgan fingerprint density at radius 2 is 1.74 bits per heavy atom. The molecule has 1 amide bonds. The molecule has 5 atom stereocenters. The van der Waals surface area contributed by atoms with Crippen molar-refractivity contribution in [1.29, 1.82) is 0 Å². The van der Waals surface area contributed by atoms with Crippen LogP contribution < -0.4 is 11.5 Å². The van der Waals surface area contributed by atoms with E-state index in [-0.39, 0.29) is 40.7 Å². The van der Waals surface area contributed by atoms with Crippen LogP contribution in [0.25, 0.3) is 0 Å². The molecule has 210 valence electrons. The molecule has 0 aromatic heterocycles. The molecule has 0 heterocycles. The van der Waals surface area contributed by atoms with Crippen LogP contribution >= 0.6 is 0 Å². The molecule has 4 rings (SSSR count). The molecular weight excluding hydrogens is 510 g/mol. The van der Waals surface area contributed by atoms with Crippen LogP contribution in [-0.2, 0) is 26.2 Å². The summed E-state index contributed by atoms with van der Waals surface area (Å²) >= 11 is 0. The minimum atomic E-state index is -2.76. The molecule has 0 spiro atoms. The summed E-state index contributed by atoms with van der Waals surface area (Å²) in [6, 6.07) is -1.19. The molecule has 0 saturated heterocycles. The number of ketones is 2. The van der Waals surface area contributed by atoms with Gasteiger partial charge < -0.3 is 37.0 Å². The topological polar surface area (TPSA) is 225 Å². The number of rotatable bonds is 4. The molecule has 0 bridgehead atoms. The molecule has 9 N–H and O–H groups in total. The van der Waals surface area contributed by atoms with Crippen LogP contribution in [-0.4, -0.2) is 79.6 Å². The van der Waals surface area contributed by atoms with Crippen LogP contribution in [0.1, 0.15) is 60.3 Å². The van der Waals surface area contributed by atoms with E-state index in [9.17, 15) is 44.7 Å². The molecule has 39 heavy (non-hydrogen) atoms. The molecule has 12 nitrogen and oxygen atoms in total. The number of Topliss-reactive ketones (excluding diaryl/α,β-unsaturated/α-hetero) is 2. The van der Waals surface area contributed by atoms with Gasteiger partial charge in [-0.05, 0) is 55.5 Å². The molecule has 12 heteroatoms. The molecule has 3 aliphatic rings. The van der Waals surface area contributed by atoms with Gasteiger partial charge >= 0.3 is 5.97 Å². The van der Waals surface area contributed by atoms with E-state index in [0.29, 0.717) is 0 Å². The first kappa shape index (κ1) is 28.3. The Balaban J connectivity index is 2.03. The van der Waals surface area contributed by atoms with Crippen molar-refractivity contribution in [2.24, 2.45) is 23.3 Å². The molecule has 0 radical (unpaired) electrons. The van der Waals surface area contributed by atoms with E-state index >= 15 is 0 Å².